The quantitative estimate of drug-likeness (QED) is 0.773. The van der Waals surface area contributed by atoms with E-state index in [1.165, 1.54) is 0 Å². The predicted molar refractivity (Wildman–Crippen MR) is 61.1 cm³/mol. The fraction of sp³-hybridized carbons (Fsp3) is 0.250. The molecule has 0 atom stereocenters. The maximum Gasteiger partial charge on any atom is 0.150 e. The van der Waals surface area contributed by atoms with Crippen LogP contribution in [0.1, 0.15) is 16.1 Å². The van der Waals surface area contributed by atoms with Gasteiger partial charge in [0.1, 0.15) is 6.29 Å². The molecule has 15 heavy (non-hydrogen) atoms. The molecule has 0 bridgehead atoms. The van der Waals surface area contributed by atoms with E-state index in [-0.39, 0.29) is 0 Å². The maximum atomic E-state index is 10.6. The van der Waals surface area contributed by atoms with E-state index in [1.807, 2.05) is 32.3 Å². The number of aromatic nitrogens is 1. The van der Waals surface area contributed by atoms with Gasteiger partial charge in [-0.15, -0.1) is 0 Å². The average Bonchev–Trinajstić information content (AvgIpc) is 2.57. The molecule has 0 aliphatic carbocycles. The first kappa shape index (κ1) is 9.93. The van der Waals surface area contributed by atoms with Gasteiger partial charge < -0.3 is 9.88 Å². The highest BCUT2D eigenvalue weighted by atomic mass is 16.1. The number of nitrogens with zero attached hydrogens (tertiary/aromatic N) is 1. The van der Waals surface area contributed by atoms with Crippen molar-refractivity contribution in [2.45, 2.75) is 6.54 Å². The van der Waals surface area contributed by atoms with Gasteiger partial charge in [-0.3, -0.25) is 4.79 Å². The Hall–Kier alpha value is -1.61. The fourth-order valence-corrected chi connectivity index (χ4v) is 1.71. The number of aromatic amines is 1. The van der Waals surface area contributed by atoms with Gasteiger partial charge in [0.05, 0.1) is 0 Å². The molecule has 0 radical (unpaired) electrons. The fourth-order valence-electron chi connectivity index (χ4n) is 1.71. The molecular weight excluding hydrogens is 188 g/mol. The van der Waals surface area contributed by atoms with Crippen LogP contribution in [0, 0.1) is 0 Å². The van der Waals surface area contributed by atoms with Crippen molar-refractivity contribution in [3.63, 3.8) is 0 Å². The molecule has 78 valence electrons. The van der Waals surface area contributed by atoms with Crippen LogP contribution in [0.2, 0.25) is 0 Å². The van der Waals surface area contributed by atoms with Crippen LogP contribution in [-0.2, 0) is 6.54 Å². The summed E-state index contributed by atoms with van der Waals surface area (Å²) in [4.78, 5) is 16.0. The lowest BCUT2D eigenvalue weighted by atomic mass is 10.2. The molecule has 1 N–H and O–H groups in total. The van der Waals surface area contributed by atoms with Crippen LogP contribution >= 0.6 is 0 Å². The summed E-state index contributed by atoms with van der Waals surface area (Å²) < 4.78 is 0. The standard InChI is InChI=1S/C12H14N2O/c1-14(2)7-11-6-10-5-9(8-15)3-4-12(10)13-11/h3-6,8,13H,7H2,1-2H3. The number of rotatable bonds is 3. The van der Waals surface area contributed by atoms with E-state index in [2.05, 4.69) is 16.0 Å². The molecule has 3 nitrogen and oxygen atoms in total. The summed E-state index contributed by atoms with van der Waals surface area (Å²) in [5.74, 6) is 0. The Balaban J connectivity index is 2.42. The van der Waals surface area contributed by atoms with Gasteiger partial charge in [0.2, 0.25) is 0 Å². The van der Waals surface area contributed by atoms with Gasteiger partial charge in [-0.25, -0.2) is 0 Å². The van der Waals surface area contributed by atoms with E-state index in [4.69, 9.17) is 0 Å². The summed E-state index contributed by atoms with van der Waals surface area (Å²) in [7, 11) is 4.06. The molecule has 2 rings (SSSR count). The number of H-pyrrole nitrogens is 1. The number of nitrogens with one attached hydrogen (secondary N) is 1. The first-order valence-electron chi connectivity index (χ1n) is 4.90. The van der Waals surface area contributed by atoms with E-state index in [0.29, 0.717) is 0 Å². The third-order valence-electron chi connectivity index (χ3n) is 2.32. The van der Waals surface area contributed by atoms with Gasteiger partial charge in [0, 0.05) is 28.7 Å². The van der Waals surface area contributed by atoms with E-state index < -0.39 is 0 Å². The minimum Gasteiger partial charge on any atom is -0.357 e. The average molecular weight is 202 g/mol. The van der Waals surface area contributed by atoms with E-state index in [9.17, 15) is 4.79 Å². The molecule has 0 saturated carbocycles. The molecule has 1 aromatic carbocycles. The second-order valence-electron chi connectivity index (χ2n) is 4.00. The summed E-state index contributed by atoms with van der Waals surface area (Å²) in [5.41, 5.74) is 2.97. The summed E-state index contributed by atoms with van der Waals surface area (Å²) >= 11 is 0. The molecule has 0 aliphatic heterocycles. The van der Waals surface area contributed by atoms with Crippen LogP contribution in [0.5, 0.6) is 0 Å². The van der Waals surface area contributed by atoms with Crippen LogP contribution in [0.3, 0.4) is 0 Å². The van der Waals surface area contributed by atoms with Crippen molar-refractivity contribution < 1.29 is 4.79 Å². The second-order valence-corrected chi connectivity index (χ2v) is 4.00. The molecule has 2 aromatic rings. The molecule has 0 aliphatic rings. The topological polar surface area (TPSA) is 36.1 Å². The molecule has 1 aromatic heterocycles. The first-order valence-corrected chi connectivity index (χ1v) is 4.90. The SMILES string of the molecule is CN(C)Cc1cc2cc(C=O)ccc2[nH]1. The molecule has 0 saturated heterocycles. The minimum atomic E-state index is 0.720. The molecule has 0 unspecified atom stereocenters. The van der Waals surface area contributed by atoms with Gasteiger partial charge in [-0.05, 0) is 38.4 Å². The largest absolute Gasteiger partial charge is 0.357 e. The number of fused-ring (bicyclic) bond motifs is 1. The second kappa shape index (κ2) is 3.87. The monoisotopic (exact) mass is 202 g/mol. The Kier molecular flexibility index (Phi) is 2.56. The molecule has 0 amide bonds. The normalized spacial score (nSPS) is 11.1. The van der Waals surface area contributed by atoms with E-state index in [1.54, 1.807) is 0 Å². The van der Waals surface area contributed by atoms with E-state index in [0.717, 1.165) is 35.0 Å². The number of hydrogen-bond acceptors (Lipinski definition) is 2. The number of aldehydes is 1. The predicted octanol–water partition coefficient (Wildman–Crippen LogP) is 2.04. The molecule has 1 heterocycles. The Labute approximate surface area is 88.7 Å². The summed E-state index contributed by atoms with van der Waals surface area (Å²) in [5, 5.41) is 1.09. The van der Waals surface area contributed by atoms with Crippen LogP contribution in [0.25, 0.3) is 10.9 Å². The Morgan fingerprint density at radius 3 is 2.80 bits per heavy atom. The molecular formula is C12H14N2O. The molecule has 3 heteroatoms. The number of hydrogen-bond donors (Lipinski definition) is 1. The van der Waals surface area contributed by atoms with Gasteiger partial charge >= 0.3 is 0 Å². The Morgan fingerprint density at radius 1 is 1.33 bits per heavy atom. The third-order valence-corrected chi connectivity index (χ3v) is 2.32. The van der Waals surface area contributed by atoms with Crippen LogP contribution < -0.4 is 0 Å². The van der Waals surface area contributed by atoms with Crippen LogP contribution in [0.4, 0.5) is 0 Å². The van der Waals surface area contributed by atoms with Crippen LogP contribution in [-0.4, -0.2) is 30.3 Å². The number of benzene rings is 1. The maximum absolute atomic E-state index is 10.6. The highest BCUT2D eigenvalue weighted by molar-refractivity contribution is 5.87. The van der Waals surface area contributed by atoms with Crippen molar-refractivity contribution in [3.05, 3.63) is 35.5 Å². The van der Waals surface area contributed by atoms with Crippen LogP contribution in [0.15, 0.2) is 24.3 Å². The highest BCUT2D eigenvalue weighted by Crippen LogP contribution is 2.17. The van der Waals surface area contributed by atoms with Crippen molar-refractivity contribution in [2.75, 3.05) is 14.1 Å². The van der Waals surface area contributed by atoms with Gasteiger partial charge in [0.25, 0.3) is 0 Å². The Bertz CT molecular complexity index is 485. The van der Waals surface area contributed by atoms with Crippen molar-refractivity contribution in [1.82, 2.24) is 9.88 Å². The highest BCUT2D eigenvalue weighted by Gasteiger charge is 2.02. The number of carbonyl (C=O) groups is 1. The summed E-state index contributed by atoms with van der Waals surface area (Å²) in [6, 6.07) is 7.75. The molecule has 0 spiro atoms. The zero-order valence-electron chi connectivity index (χ0n) is 8.95. The summed E-state index contributed by atoms with van der Waals surface area (Å²) in [6.45, 7) is 0.880. The Morgan fingerprint density at radius 2 is 2.13 bits per heavy atom. The minimum absolute atomic E-state index is 0.720. The smallest absolute Gasteiger partial charge is 0.150 e. The lowest BCUT2D eigenvalue weighted by Gasteiger charge is -2.06. The lowest BCUT2D eigenvalue weighted by molar-refractivity contribution is 0.112. The first-order chi connectivity index (χ1) is 7.19. The van der Waals surface area contributed by atoms with Gasteiger partial charge in [-0.2, -0.15) is 0 Å². The molecule has 0 fully saturated rings. The zero-order chi connectivity index (χ0) is 10.8. The van der Waals surface area contributed by atoms with Crippen molar-refractivity contribution >= 4 is 17.2 Å². The van der Waals surface area contributed by atoms with E-state index >= 15 is 0 Å². The van der Waals surface area contributed by atoms with Gasteiger partial charge in [0.15, 0.2) is 0 Å². The number of carbonyl (C=O) groups excluding carboxylic acids is 1. The van der Waals surface area contributed by atoms with Crippen molar-refractivity contribution in [3.8, 4) is 0 Å². The summed E-state index contributed by atoms with van der Waals surface area (Å²) in [6.07, 6.45) is 0.873. The lowest BCUT2D eigenvalue weighted by Crippen LogP contribution is -2.10. The van der Waals surface area contributed by atoms with Crippen molar-refractivity contribution in [1.29, 1.82) is 0 Å². The zero-order valence-corrected chi connectivity index (χ0v) is 8.95. The van der Waals surface area contributed by atoms with Crippen molar-refractivity contribution in [2.24, 2.45) is 0 Å². The third kappa shape index (κ3) is 2.07. The van der Waals surface area contributed by atoms with Gasteiger partial charge in [-0.1, -0.05) is 0 Å².